The van der Waals surface area contributed by atoms with Crippen molar-refractivity contribution in [3.63, 3.8) is 0 Å². The first-order valence-electron chi connectivity index (χ1n) is 5.10. The molecule has 0 fully saturated rings. The van der Waals surface area contributed by atoms with Crippen molar-refractivity contribution in [2.45, 2.75) is 19.8 Å². The molecule has 0 atom stereocenters. The molecule has 78 valence electrons. The van der Waals surface area contributed by atoms with Gasteiger partial charge in [-0.15, -0.1) is 11.3 Å². The molecular weight excluding hydrogens is 204 g/mol. The Morgan fingerprint density at radius 2 is 2.00 bits per heavy atom. The van der Waals surface area contributed by atoms with E-state index in [-0.39, 0.29) is 0 Å². The van der Waals surface area contributed by atoms with Crippen LogP contribution in [0.3, 0.4) is 0 Å². The third-order valence-electron chi connectivity index (χ3n) is 2.26. The molecule has 0 saturated carbocycles. The molecule has 0 unspecified atom stereocenters. The van der Waals surface area contributed by atoms with Crippen LogP contribution in [0.5, 0.6) is 0 Å². The Morgan fingerprint density at radius 3 is 2.53 bits per heavy atom. The maximum absolute atomic E-state index is 5.59. The van der Waals surface area contributed by atoms with Crippen LogP contribution in [0.4, 0.5) is 5.82 Å². The van der Waals surface area contributed by atoms with Gasteiger partial charge in [0, 0.05) is 10.9 Å². The normalized spacial score (nSPS) is 10.5. The third kappa shape index (κ3) is 2.36. The molecule has 0 aliphatic rings. The van der Waals surface area contributed by atoms with Crippen molar-refractivity contribution in [3.05, 3.63) is 35.2 Å². The molecule has 0 aliphatic carbocycles. The number of benzene rings is 1. The standard InChI is InChI=1S/C12H14N2S/c1-2-3-9-4-6-10(7-5-9)12-14-11(13)8-15-12/h4-8H,2-3,13H2,1H3. The van der Waals surface area contributed by atoms with Gasteiger partial charge in [-0.1, -0.05) is 37.6 Å². The van der Waals surface area contributed by atoms with E-state index in [2.05, 4.69) is 36.2 Å². The Bertz CT molecular complexity index is 431. The number of hydrogen-bond acceptors (Lipinski definition) is 3. The minimum absolute atomic E-state index is 0.604. The maximum atomic E-state index is 5.59. The summed E-state index contributed by atoms with van der Waals surface area (Å²) >= 11 is 1.59. The number of nitrogen functional groups attached to an aromatic ring is 1. The third-order valence-corrected chi connectivity index (χ3v) is 3.17. The molecule has 0 amide bonds. The maximum Gasteiger partial charge on any atom is 0.135 e. The topological polar surface area (TPSA) is 38.9 Å². The zero-order valence-corrected chi connectivity index (χ0v) is 9.55. The second-order valence-electron chi connectivity index (χ2n) is 3.52. The second-order valence-corrected chi connectivity index (χ2v) is 4.38. The van der Waals surface area contributed by atoms with Crippen molar-refractivity contribution in [2.24, 2.45) is 0 Å². The monoisotopic (exact) mass is 218 g/mol. The van der Waals surface area contributed by atoms with E-state index in [0.29, 0.717) is 5.82 Å². The number of nitrogens with zero attached hydrogens (tertiary/aromatic N) is 1. The molecule has 2 N–H and O–H groups in total. The fourth-order valence-electron chi connectivity index (χ4n) is 1.52. The molecule has 2 nitrogen and oxygen atoms in total. The smallest absolute Gasteiger partial charge is 0.135 e. The minimum atomic E-state index is 0.604. The van der Waals surface area contributed by atoms with Crippen LogP contribution in [-0.4, -0.2) is 4.98 Å². The highest BCUT2D eigenvalue weighted by molar-refractivity contribution is 7.13. The number of aryl methyl sites for hydroxylation is 1. The van der Waals surface area contributed by atoms with Crippen LogP contribution in [-0.2, 0) is 6.42 Å². The first-order valence-corrected chi connectivity index (χ1v) is 5.98. The SMILES string of the molecule is CCCc1ccc(-c2nc(N)cs2)cc1. The zero-order chi connectivity index (χ0) is 10.7. The van der Waals surface area contributed by atoms with Crippen molar-refractivity contribution in [1.82, 2.24) is 4.98 Å². The van der Waals surface area contributed by atoms with Gasteiger partial charge in [0.25, 0.3) is 0 Å². The lowest BCUT2D eigenvalue weighted by Gasteiger charge is -2.00. The van der Waals surface area contributed by atoms with Crippen molar-refractivity contribution < 1.29 is 0 Å². The number of nitrogens with two attached hydrogens (primary N) is 1. The lowest BCUT2D eigenvalue weighted by Crippen LogP contribution is -1.85. The molecule has 0 spiro atoms. The van der Waals surface area contributed by atoms with Gasteiger partial charge < -0.3 is 5.73 Å². The van der Waals surface area contributed by atoms with E-state index in [1.807, 2.05) is 5.38 Å². The van der Waals surface area contributed by atoms with Crippen molar-refractivity contribution >= 4 is 17.2 Å². The number of hydrogen-bond donors (Lipinski definition) is 1. The molecule has 2 aromatic rings. The Labute approximate surface area is 93.8 Å². The Morgan fingerprint density at radius 1 is 1.27 bits per heavy atom. The van der Waals surface area contributed by atoms with Gasteiger partial charge in [0.15, 0.2) is 0 Å². The summed E-state index contributed by atoms with van der Waals surface area (Å²) < 4.78 is 0. The minimum Gasteiger partial charge on any atom is -0.383 e. The van der Waals surface area contributed by atoms with Crippen LogP contribution in [0.1, 0.15) is 18.9 Å². The van der Waals surface area contributed by atoms with Crippen molar-refractivity contribution in [2.75, 3.05) is 5.73 Å². The van der Waals surface area contributed by atoms with Gasteiger partial charge in [0.05, 0.1) is 0 Å². The van der Waals surface area contributed by atoms with E-state index in [9.17, 15) is 0 Å². The van der Waals surface area contributed by atoms with Crippen LogP contribution >= 0.6 is 11.3 Å². The van der Waals surface area contributed by atoms with Crippen LogP contribution in [0.15, 0.2) is 29.6 Å². The predicted molar refractivity (Wildman–Crippen MR) is 66.0 cm³/mol. The van der Waals surface area contributed by atoms with E-state index in [0.717, 1.165) is 17.0 Å². The summed E-state index contributed by atoms with van der Waals surface area (Å²) in [6.07, 6.45) is 2.32. The largest absolute Gasteiger partial charge is 0.383 e. The number of thiazole rings is 1. The van der Waals surface area contributed by atoms with Crippen molar-refractivity contribution in [3.8, 4) is 10.6 Å². The van der Waals surface area contributed by atoms with Crippen LogP contribution in [0.2, 0.25) is 0 Å². The van der Waals surface area contributed by atoms with Gasteiger partial charge in [-0.05, 0) is 12.0 Å². The summed E-state index contributed by atoms with van der Waals surface area (Å²) in [6.45, 7) is 2.19. The highest BCUT2D eigenvalue weighted by Crippen LogP contribution is 2.24. The summed E-state index contributed by atoms with van der Waals surface area (Å²) in [5.74, 6) is 0.604. The van der Waals surface area contributed by atoms with E-state index in [1.165, 1.54) is 12.0 Å². The first kappa shape index (κ1) is 10.2. The molecule has 1 aromatic heterocycles. The molecule has 0 radical (unpaired) electrons. The second kappa shape index (κ2) is 4.45. The van der Waals surface area contributed by atoms with Gasteiger partial charge in [0.2, 0.25) is 0 Å². The Kier molecular flexibility index (Phi) is 3.02. The van der Waals surface area contributed by atoms with Crippen LogP contribution < -0.4 is 5.73 Å². The van der Waals surface area contributed by atoms with Gasteiger partial charge in [-0.3, -0.25) is 0 Å². The number of aromatic nitrogens is 1. The summed E-state index contributed by atoms with van der Waals surface area (Å²) in [4.78, 5) is 4.25. The van der Waals surface area contributed by atoms with Gasteiger partial charge in [-0.2, -0.15) is 0 Å². The highest BCUT2D eigenvalue weighted by atomic mass is 32.1. The van der Waals surface area contributed by atoms with E-state index in [1.54, 1.807) is 11.3 Å². The lowest BCUT2D eigenvalue weighted by atomic mass is 10.1. The summed E-state index contributed by atoms with van der Waals surface area (Å²) in [6, 6.07) is 8.55. The summed E-state index contributed by atoms with van der Waals surface area (Å²) in [5, 5.41) is 2.87. The number of rotatable bonds is 3. The summed E-state index contributed by atoms with van der Waals surface area (Å²) in [5.41, 5.74) is 8.12. The molecule has 3 heteroatoms. The fourth-order valence-corrected chi connectivity index (χ4v) is 2.24. The molecule has 15 heavy (non-hydrogen) atoms. The fraction of sp³-hybridized carbons (Fsp3) is 0.250. The Balaban J connectivity index is 2.23. The van der Waals surface area contributed by atoms with Gasteiger partial charge >= 0.3 is 0 Å². The van der Waals surface area contributed by atoms with Gasteiger partial charge in [-0.25, -0.2) is 4.98 Å². The van der Waals surface area contributed by atoms with Crippen LogP contribution in [0.25, 0.3) is 10.6 Å². The van der Waals surface area contributed by atoms with Crippen molar-refractivity contribution in [1.29, 1.82) is 0 Å². The molecule has 2 rings (SSSR count). The zero-order valence-electron chi connectivity index (χ0n) is 8.73. The van der Waals surface area contributed by atoms with E-state index in [4.69, 9.17) is 5.73 Å². The average molecular weight is 218 g/mol. The molecule has 0 bridgehead atoms. The Hall–Kier alpha value is -1.35. The lowest BCUT2D eigenvalue weighted by molar-refractivity contribution is 0.922. The molecular formula is C12H14N2S. The van der Waals surface area contributed by atoms with E-state index >= 15 is 0 Å². The average Bonchev–Trinajstić information content (AvgIpc) is 2.67. The predicted octanol–water partition coefficient (Wildman–Crippen LogP) is 3.34. The molecule has 0 saturated heterocycles. The molecule has 0 aliphatic heterocycles. The molecule has 1 heterocycles. The van der Waals surface area contributed by atoms with Gasteiger partial charge in [0.1, 0.15) is 10.8 Å². The number of anilines is 1. The quantitative estimate of drug-likeness (QED) is 0.858. The first-order chi connectivity index (χ1) is 7.29. The van der Waals surface area contributed by atoms with Crippen LogP contribution in [0, 0.1) is 0 Å². The molecule has 1 aromatic carbocycles. The van der Waals surface area contributed by atoms with E-state index < -0.39 is 0 Å². The summed E-state index contributed by atoms with van der Waals surface area (Å²) in [7, 11) is 0. The highest BCUT2D eigenvalue weighted by Gasteiger charge is 2.02.